The van der Waals surface area contributed by atoms with Crippen molar-refractivity contribution in [1.82, 2.24) is 0 Å². The molecule has 1 aromatic carbocycles. The molecule has 2 nitrogen and oxygen atoms in total. The zero-order chi connectivity index (χ0) is 10.7. The van der Waals surface area contributed by atoms with Crippen LogP contribution in [0.2, 0.25) is 0 Å². The molecule has 1 aromatic rings. The molecule has 78 valence electrons. The minimum Gasteiger partial charge on any atom is -0.462 e. The average molecular weight is 238 g/mol. The van der Waals surface area contributed by atoms with Crippen molar-refractivity contribution in [2.45, 2.75) is 16.7 Å². The molecular weight excluding hydrogens is 228 g/mol. The van der Waals surface area contributed by atoms with Crippen LogP contribution in [0.3, 0.4) is 0 Å². The third kappa shape index (κ3) is 2.38. The van der Waals surface area contributed by atoms with Gasteiger partial charge in [-0.25, -0.2) is 4.79 Å². The first-order valence-electron chi connectivity index (χ1n) is 4.62. The Kier molecular flexibility index (Phi) is 3.38. The van der Waals surface area contributed by atoms with E-state index in [-0.39, 0.29) is 5.97 Å². The molecule has 0 fully saturated rings. The molecule has 0 saturated heterocycles. The van der Waals surface area contributed by atoms with E-state index in [1.807, 2.05) is 36.6 Å². The molecular formula is C11H10O2S2. The van der Waals surface area contributed by atoms with Crippen molar-refractivity contribution >= 4 is 29.5 Å². The Labute approximate surface area is 97.1 Å². The fourth-order valence-corrected chi connectivity index (χ4v) is 3.16. The first-order valence-corrected chi connectivity index (χ1v) is 6.31. The van der Waals surface area contributed by atoms with E-state index in [0.717, 1.165) is 4.90 Å². The lowest BCUT2D eigenvalue weighted by Gasteiger charge is -2.13. The Morgan fingerprint density at radius 2 is 2.07 bits per heavy atom. The molecule has 0 atom stereocenters. The molecule has 0 aliphatic carbocycles. The summed E-state index contributed by atoms with van der Waals surface area (Å²) in [4.78, 5) is 14.5. The van der Waals surface area contributed by atoms with Crippen LogP contribution in [0.1, 0.15) is 6.92 Å². The number of carbonyl (C=O) groups excluding carboxylic acids is 1. The van der Waals surface area contributed by atoms with E-state index in [1.165, 1.54) is 16.7 Å². The quantitative estimate of drug-likeness (QED) is 0.739. The molecule has 0 saturated carbocycles. The van der Waals surface area contributed by atoms with Crippen molar-refractivity contribution in [2.75, 3.05) is 6.61 Å². The van der Waals surface area contributed by atoms with Crippen molar-refractivity contribution in [3.8, 4) is 0 Å². The van der Waals surface area contributed by atoms with Crippen molar-refractivity contribution in [3.05, 3.63) is 34.6 Å². The van der Waals surface area contributed by atoms with Gasteiger partial charge in [0.1, 0.15) is 4.91 Å². The van der Waals surface area contributed by atoms with Gasteiger partial charge < -0.3 is 4.74 Å². The number of esters is 1. The predicted octanol–water partition coefficient (Wildman–Crippen LogP) is 3.29. The lowest BCUT2D eigenvalue weighted by molar-refractivity contribution is -0.137. The molecule has 15 heavy (non-hydrogen) atoms. The number of thioether (sulfide) groups is 2. The van der Waals surface area contributed by atoms with Crippen LogP contribution >= 0.6 is 23.5 Å². The van der Waals surface area contributed by atoms with Crippen LogP contribution in [0, 0.1) is 0 Å². The highest BCUT2D eigenvalue weighted by molar-refractivity contribution is 8.09. The SMILES string of the molecule is CCOC(=O)C1=CSc2ccccc2S1. The van der Waals surface area contributed by atoms with Gasteiger partial charge in [0.15, 0.2) is 0 Å². The number of hydrogen-bond acceptors (Lipinski definition) is 4. The fourth-order valence-electron chi connectivity index (χ4n) is 1.18. The Morgan fingerprint density at radius 1 is 1.33 bits per heavy atom. The zero-order valence-electron chi connectivity index (χ0n) is 8.23. The highest BCUT2D eigenvalue weighted by Crippen LogP contribution is 2.42. The number of rotatable bonds is 2. The molecule has 2 rings (SSSR count). The summed E-state index contributed by atoms with van der Waals surface area (Å²) in [6.45, 7) is 2.23. The molecule has 0 amide bonds. The van der Waals surface area contributed by atoms with Gasteiger partial charge in [-0.2, -0.15) is 0 Å². The molecule has 0 N–H and O–H groups in total. The van der Waals surface area contributed by atoms with Crippen molar-refractivity contribution in [1.29, 1.82) is 0 Å². The summed E-state index contributed by atoms with van der Waals surface area (Å²) in [7, 11) is 0. The summed E-state index contributed by atoms with van der Waals surface area (Å²) < 4.78 is 4.95. The highest BCUT2D eigenvalue weighted by atomic mass is 32.2. The smallest absolute Gasteiger partial charge is 0.345 e. The third-order valence-corrected chi connectivity index (χ3v) is 4.16. The van der Waals surface area contributed by atoms with E-state index in [4.69, 9.17) is 4.74 Å². The summed E-state index contributed by atoms with van der Waals surface area (Å²) in [5.74, 6) is -0.232. The van der Waals surface area contributed by atoms with E-state index in [9.17, 15) is 4.79 Å². The maximum absolute atomic E-state index is 11.5. The van der Waals surface area contributed by atoms with Gasteiger partial charge in [0.2, 0.25) is 0 Å². The molecule has 0 bridgehead atoms. The minimum atomic E-state index is -0.232. The fraction of sp³-hybridized carbons (Fsp3) is 0.182. The topological polar surface area (TPSA) is 26.3 Å². The van der Waals surface area contributed by atoms with Gasteiger partial charge in [0.05, 0.1) is 6.61 Å². The van der Waals surface area contributed by atoms with E-state index >= 15 is 0 Å². The van der Waals surface area contributed by atoms with Crippen LogP contribution < -0.4 is 0 Å². The van der Waals surface area contributed by atoms with Crippen molar-refractivity contribution in [3.63, 3.8) is 0 Å². The summed E-state index contributed by atoms with van der Waals surface area (Å²) in [6.07, 6.45) is 0. The molecule has 0 radical (unpaired) electrons. The van der Waals surface area contributed by atoms with Crippen LogP contribution in [0.15, 0.2) is 44.4 Å². The van der Waals surface area contributed by atoms with E-state index in [1.54, 1.807) is 11.8 Å². The lowest BCUT2D eigenvalue weighted by Crippen LogP contribution is -2.06. The standard InChI is InChI=1S/C11H10O2S2/c1-2-13-11(12)10-7-14-8-5-3-4-6-9(8)15-10/h3-7H,2H2,1H3. The maximum atomic E-state index is 11.5. The van der Waals surface area contributed by atoms with Crippen molar-refractivity contribution in [2.24, 2.45) is 0 Å². The molecule has 1 heterocycles. The van der Waals surface area contributed by atoms with Gasteiger partial charge in [0, 0.05) is 9.79 Å². The zero-order valence-corrected chi connectivity index (χ0v) is 9.86. The van der Waals surface area contributed by atoms with Gasteiger partial charge in [-0.3, -0.25) is 0 Å². The third-order valence-electron chi connectivity index (χ3n) is 1.84. The minimum absolute atomic E-state index is 0.232. The Balaban J connectivity index is 2.16. The Hall–Kier alpha value is -0.870. The van der Waals surface area contributed by atoms with E-state index < -0.39 is 0 Å². The second-order valence-electron chi connectivity index (χ2n) is 2.87. The number of fused-ring (bicyclic) bond motifs is 1. The largest absolute Gasteiger partial charge is 0.462 e. The van der Waals surface area contributed by atoms with Gasteiger partial charge in [-0.15, -0.1) is 0 Å². The summed E-state index contributed by atoms with van der Waals surface area (Å²) in [5, 5.41) is 1.85. The van der Waals surface area contributed by atoms with Crippen LogP contribution in [-0.4, -0.2) is 12.6 Å². The van der Waals surface area contributed by atoms with Crippen LogP contribution in [-0.2, 0) is 9.53 Å². The summed E-state index contributed by atoms with van der Waals surface area (Å²) in [6, 6.07) is 8.03. The van der Waals surface area contributed by atoms with Crippen LogP contribution in [0.5, 0.6) is 0 Å². The normalized spacial score (nSPS) is 14.1. The monoisotopic (exact) mass is 238 g/mol. The van der Waals surface area contributed by atoms with E-state index in [0.29, 0.717) is 11.5 Å². The first kappa shape index (κ1) is 10.6. The van der Waals surface area contributed by atoms with Crippen LogP contribution in [0.4, 0.5) is 0 Å². The number of ether oxygens (including phenoxy) is 1. The molecule has 1 aliphatic heterocycles. The molecule has 0 spiro atoms. The number of hydrogen-bond donors (Lipinski definition) is 0. The van der Waals surface area contributed by atoms with Crippen molar-refractivity contribution < 1.29 is 9.53 Å². The second-order valence-corrected chi connectivity index (χ2v) is 4.86. The molecule has 0 unspecified atom stereocenters. The van der Waals surface area contributed by atoms with Gasteiger partial charge in [0.25, 0.3) is 0 Å². The summed E-state index contributed by atoms with van der Waals surface area (Å²) in [5.41, 5.74) is 0. The van der Waals surface area contributed by atoms with Gasteiger partial charge >= 0.3 is 5.97 Å². The number of benzene rings is 1. The average Bonchev–Trinajstić information content (AvgIpc) is 2.29. The molecule has 0 aromatic heterocycles. The van der Waals surface area contributed by atoms with E-state index in [2.05, 4.69) is 0 Å². The lowest BCUT2D eigenvalue weighted by atomic mass is 10.4. The molecule has 4 heteroatoms. The Morgan fingerprint density at radius 3 is 2.80 bits per heavy atom. The first-order chi connectivity index (χ1) is 7.31. The summed E-state index contributed by atoms with van der Waals surface area (Å²) >= 11 is 3.04. The number of carbonyl (C=O) groups is 1. The highest BCUT2D eigenvalue weighted by Gasteiger charge is 2.18. The van der Waals surface area contributed by atoms with Gasteiger partial charge in [-0.05, 0) is 24.5 Å². The molecule has 1 aliphatic rings. The Bertz CT molecular complexity index is 413. The van der Waals surface area contributed by atoms with Crippen LogP contribution in [0.25, 0.3) is 0 Å². The second kappa shape index (κ2) is 4.77. The predicted molar refractivity (Wildman–Crippen MR) is 62.9 cm³/mol. The maximum Gasteiger partial charge on any atom is 0.345 e. The van der Waals surface area contributed by atoms with Gasteiger partial charge in [-0.1, -0.05) is 35.7 Å².